The van der Waals surface area contributed by atoms with E-state index < -0.39 is 24.7 Å². The van der Waals surface area contributed by atoms with E-state index in [1.165, 1.54) is 17.1 Å². The molecule has 0 radical (unpaired) electrons. The van der Waals surface area contributed by atoms with Gasteiger partial charge in [-0.15, -0.1) is 0 Å². The van der Waals surface area contributed by atoms with Crippen molar-refractivity contribution in [1.29, 1.82) is 0 Å². The largest absolute Gasteiger partial charge is 0.380 e. The second kappa shape index (κ2) is 11.6. The van der Waals surface area contributed by atoms with Gasteiger partial charge in [-0.25, -0.2) is 9.18 Å². The Morgan fingerprint density at radius 3 is 2.35 bits per heavy atom. The summed E-state index contributed by atoms with van der Waals surface area (Å²) in [4.78, 5) is 26.5. The highest BCUT2D eigenvalue weighted by atomic mass is 31.2. The minimum Gasteiger partial charge on any atom is -0.380 e. The van der Waals surface area contributed by atoms with Crippen molar-refractivity contribution in [2.45, 2.75) is 84.8 Å². The second-order valence-corrected chi connectivity index (χ2v) is 11.2. The Bertz CT molecular complexity index is 1140. The average molecular weight is 498 g/mol. The number of halogens is 1. The van der Waals surface area contributed by atoms with Gasteiger partial charge in [-0.05, 0) is 59.1 Å². The molecule has 2 aromatic rings. The van der Waals surface area contributed by atoms with Gasteiger partial charge in [0.1, 0.15) is 5.82 Å². The molecule has 1 saturated carbocycles. The fraction of sp³-hybridized carbons (Fsp3) is 0.667. The van der Waals surface area contributed by atoms with E-state index in [-0.39, 0.29) is 49.8 Å². The van der Waals surface area contributed by atoms with Gasteiger partial charge in [-0.1, -0.05) is 19.3 Å². The summed E-state index contributed by atoms with van der Waals surface area (Å²) in [7, 11) is -3.29. The molecular weight excluding hydrogens is 460 g/mol. The van der Waals surface area contributed by atoms with Gasteiger partial charge in [0.15, 0.2) is 0 Å². The zero-order valence-corrected chi connectivity index (χ0v) is 21.5. The molecule has 1 aromatic heterocycles. The predicted molar refractivity (Wildman–Crippen MR) is 134 cm³/mol. The average Bonchev–Trinajstić information content (AvgIpc) is 2.78. The first-order chi connectivity index (χ1) is 16.2. The third kappa shape index (κ3) is 5.99. The number of rotatable bonds is 11. The van der Waals surface area contributed by atoms with Crippen LogP contribution in [0.5, 0.6) is 0 Å². The van der Waals surface area contributed by atoms with Crippen molar-refractivity contribution >= 4 is 24.2 Å². The summed E-state index contributed by atoms with van der Waals surface area (Å²) in [5.41, 5.74) is -0.289. The molecule has 3 rings (SSSR count). The minimum atomic E-state index is -3.29. The first-order valence-electron chi connectivity index (χ1n) is 12.3. The van der Waals surface area contributed by atoms with Crippen molar-refractivity contribution in [2.24, 2.45) is 0 Å². The van der Waals surface area contributed by atoms with E-state index in [0.29, 0.717) is 11.2 Å². The molecule has 0 aliphatic heterocycles. The minimum absolute atomic E-state index is 0.0359. The Kier molecular flexibility index (Phi) is 9.13. The third-order valence-electron chi connectivity index (χ3n) is 6.20. The highest BCUT2D eigenvalue weighted by Gasteiger charge is 2.24. The van der Waals surface area contributed by atoms with Gasteiger partial charge in [0.25, 0.3) is 5.56 Å². The molecule has 0 bridgehead atoms. The molecule has 1 aliphatic carbocycles. The van der Waals surface area contributed by atoms with Crippen LogP contribution in [0.4, 0.5) is 10.1 Å². The van der Waals surface area contributed by atoms with Crippen molar-refractivity contribution in [2.75, 3.05) is 24.7 Å². The molecule has 1 aliphatic rings. The van der Waals surface area contributed by atoms with Crippen molar-refractivity contribution in [3.05, 3.63) is 38.8 Å². The summed E-state index contributed by atoms with van der Waals surface area (Å²) in [6.45, 7) is 7.68. The summed E-state index contributed by atoms with van der Waals surface area (Å²) >= 11 is 0. The van der Waals surface area contributed by atoms with Crippen LogP contribution in [0.3, 0.4) is 0 Å². The van der Waals surface area contributed by atoms with Gasteiger partial charge >= 0.3 is 13.3 Å². The van der Waals surface area contributed by atoms with Gasteiger partial charge in [0.05, 0.1) is 36.0 Å². The van der Waals surface area contributed by atoms with Gasteiger partial charge in [-0.2, -0.15) is 0 Å². The molecule has 0 saturated heterocycles. The van der Waals surface area contributed by atoms with Crippen molar-refractivity contribution in [3.8, 4) is 0 Å². The van der Waals surface area contributed by atoms with Crippen molar-refractivity contribution in [3.63, 3.8) is 0 Å². The number of fused-ring (bicyclic) bond motifs is 1. The molecular formula is C24H37FN3O5P. The van der Waals surface area contributed by atoms with Crippen LogP contribution in [0, 0.1) is 5.82 Å². The first kappa shape index (κ1) is 26.6. The van der Waals surface area contributed by atoms with Crippen LogP contribution in [0.15, 0.2) is 21.7 Å². The van der Waals surface area contributed by atoms with E-state index in [1.807, 2.05) is 13.8 Å². The van der Waals surface area contributed by atoms with Gasteiger partial charge in [-0.3, -0.25) is 18.5 Å². The van der Waals surface area contributed by atoms with Gasteiger partial charge in [0, 0.05) is 18.6 Å². The zero-order valence-electron chi connectivity index (χ0n) is 20.6. The highest BCUT2D eigenvalue weighted by molar-refractivity contribution is 7.53. The molecule has 0 spiro atoms. The van der Waals surface area contributed by atoms with Crippen LogP contribution >= 0.6 is 7.60 Å². The standard InChI is InChI=1S/C24H37FN3O5P/c1-5-32-34(31,33-6-2)14-10-13-27-23(29)19-15-20(25)21(26-18-11-8-7-9-12-18)16-22(19)28(17(3)4)24(27)30/h15-18,26H,5-14H2,1-4H3. The maximum Gasteiger partial charge on any atom is 0.331 e. The smallest absolute Gasteiger partial charge is 0.331 e. The zero-order chi connectivity index (χ0) is 24.9. The Labute approximate surface area is 200 Å². The molecule has 0 unspecified atom stereocenters. The monoisotopic (exact) mass is 497 g/mol. The number of aromatic nitrogens is 2. The molecule has 0 atom stereocenters. The van der Waals surface area contributed by atoms with Crippen LogP contribution in [0.25, 0.3) is 10.9 Å². The second-order valence-electron chi connectivity index (χ2n) is 9.06. The first-order valence-corrected chi connectivity index (χ1v) is 14.1. The highest BCUT2D eigenvalue weighted by Crippen LogP contribution is 2.48. The molecule has 1 aromatic carbocycles. The van der Waals surface area contributed by atoms with Gasteiger partial charge < -0.3 is 14.4 Å². The molecule has 8 nitrogen and oxygen atoms in total. The van der Waals surface area contributed by atoms with Crippen molar-refractivity contribution in [1.82, 2.24) is 9.13 Å². The Morgan fingerprint density at radius 1 is 1.12 bits per heavy atom. The number of benzene rings is 1. The molecule has 1 N–H and O–H groups in total. The molecule has 1 fully saturated rings. The molecule has 34 heavy (non-hydrogen) atoms. The van der Waals surface area contributed by atoms with Crippen LogP contribution in [0.1, 0.15) is 72.3 Å². The maximum absolute atomic E-state index is 15.0. The van der Waals surface area contributed by atoms with E-state index >= 15 is 4.39 Å². The lowest BCUT2D eigenvalue weighted by Gasteiger charge is -2.25. The fourth-order valence-electron chi connectivity index (χ4n) is 4.65. The number of nitrogens with one attached hydrogen (secondary N) is 1. The number of nitrogens with zero attached hydrogens (tertiary/aromatic N) is 2. The van der Waals surface area contributed by atoms with Crippen LogP contribution in [0.2, 0.25) is 0 Å². The Morgan fingerprint density at radius 2 is 1.76 bits per heavy atom. The summed E-state index contributed by atoms with van der Waals surface area (Å²) in [6.07, 6.45) is 5.68. The van der Waals surface area contributed by atoms with Crippen LogP contribution in [-0.2, 0) is 20.2 Å². The Balaban J connectivity index is 1.97. The number of hydrogen-bond acceptors (Lipinski definition) is 6. The molecule has 190 valence electrons. The predicted octanol–water partition coefficient (Wildman–Crippen LogP) is 5.28. The summed E-state index contributed by atoms with van der Waals surface area (Å²) in [5.74, 6) is -0.507. The number of anilines is 1. The van der Waals surface area contributed by atoms with E-state index in [9.17, 15) is 14.2 Å². The SMILES string of the molecule is CCOP(=O)(CCCn1c(=O)c2cc(F)c(NC3CCCCC3)cc2n(C(C)C)c1=O)OCC. The van der Waals surface area contributed by atoms with Crippen LogP contribution in [-0.4, -0.2) is 34.6 Å². The van der Waals surface area contributed by atoms with E-state index in [1.54, 1.807) is 19.9 Å². The normalized spacial score (nSPS) is 15.4. The number of hydrogen-bond donors (Lipinski definition) is 1. The van der Waals surface area contributed by atoms with Crippen LogP contribution < -0.4 is 16.6 Å². The summed E-state index contributed by atoms with van der Waals surface area (Å²) in [5, 5.41) is 3.43. The lowest BCUT2D eigenvalue weighted by molar-refractivity contribution is 0.219. The van der Waals surface area contributed by atoms with E-state index in [2.05, 4.69) is 5.32 Å². The third-order valence-corrected chi connectivity index (χ3v) is 8.37. The fourth-order valence-corrected chi connectivity index (χ4v) is 6.30. The summed E-state index contributed by atoms with van der Waals surface area (Å²) < 4.78 is 41.0. The quantitative estimate of drug-likeness (QED) is 0.425. The van der Waals surface area contributed by atoms with E-state index in [0.717, 1.165) is 30.3 Å². The molecule has 10 heteroatoms. The molecule has 0 amide bonds. The maximum atomic E-state index is 15.0. The van der Waals surface area contributed by atoms with E-state index in [4.69, 9.17) is 9.05 Å². The molecule has 1 heterocycles. The lowest BCUT2D eigenvalue weighted by Crippen LogP contribution is -2.41. The lowest BCUT2D eigenvalue weighted by atomic mass is 9.95. The van der Waals surface area contributed by atoms with Gasteiger partial charge in [0.2, 0.25) is 0 Å². The topological polar surface area (TPSA) is 91.6 Å². The van der Waals surface area contributed by atoms with Crippen molar-refractivity contribution < 1.29 is 18.0 Å². The Hall–Kier alpha value is -1.96. The summed E-state index contributed by atoms with van der Waals surface area (Å²) in [6, 6.07) is 2.76.